The smallest absolute Gasteiger partial charge is 0.273 e. The van der Waals surface area contributed by atoms with Gasteiger partial charge in [-0.05, 0) is 19.4 Å². The lowest BCUT2D eigenvalue weighted by molar-refractivity contribution is -0.385. The molecular weight excluding hydrogens is 350 g/mol. The van der Waals surface area contributed by atoms with E-state index in [1.807, 2.05) is 37.3 Å². The van der Waals surface area contributed by atoms with E-state index in [9.17, 15) is 14.9 Å². The van der Waals surface area contributed by atoms with E-state index < -0.39 is 10.8 Å². The van der Waals surface area contributed by atoms with Crippen LogP contribution in [0.25, 0.3) is 11.3 Å². The molecule has 132 valence electrons. The summed E-state index contributed by atoms with van der Waals surface area (Å²) in [6, 6.07) is 14.2. The van der Waals surface area contributed by atoms with Gasteiger partial charge in [0.05, 0.1) is 10.6 Å². The first-order valence-corrected chi connectivity index (χ1v) is 8.93. The number of hydrogen-bond donors (Lipinski definition) is 1. The van der Waals surface area contributed by atoms with Crippen molar-refractivity contribution in [2.45, 2.75) is 20.3 Å². The maximum absolute atomic E-state index is 12.6. The lowest BCUT2D eigenvalue weighted by Crippen LogP contribution is -2.14. The molecule has 0 aliphatic heterocycles. The van der Waals surface area contributed by atoms with Crippen molar-refractivity contribution in [2.24, 2.45) is 0 Å². The largest absolute Gasteiger partial charge is 0.298 e. The van der Waals surface area contributed by atoms with Crippen LogP contribution in [0.5, 0.6) is 0 Å². The average molecular weight is 367 g/mol. The van der Waals surface area contributed by atoms with E-state index in [2.05, 4.69) is 10.3 Å². The molecule has 0 fully saturated rings. The van der Waals surface area contributed by atoms with Crippen LogP contribution in [0.1, 0.15) is 27.7 Å². The minimum atomic E-state index is -0.488. The molecule has 0 bridgehead atoms. The molecule has 2 aromatic carbocycles. The van der Waals surface area contributed by atoms with Crippen LogP contribution in [-0.2, 0) is 6.42 Å². The Kier molecular flexibility index (Phi) is 5.09. The molecule has 3 rings (SSSR count). The molecule has 3 aromatic rings. The summed E-state index contributed by atoms with van der Waals surface area (Å²) in [4.78, 5) is 28.8. The van der Waals surface area contributed by atoms with Gasteiger partial charge in [0.25, 0.3) is 11.6 Å². The molecule has 0 radical (unpaired) electrons. The van der Waals surface area contributed by atoms with E-state index in [1.165, 1.54) is 23.5 Å². The van der Waals surface area contributed by atoms with Crippen molar-refractivity contribution in [3.8, 4) is 11.3 Å². The van der Waals surface area contributed by atoms with Crippen molar-refractivity contribution < 1.29 is 9.72 Å². The summed E-state index contributed by atoms with van der Waals surface area (Å²) >= 11 is 1.42. The number of thiazole rings is 1. The number of anilines is 1. The number of aromatic nitrogens is 1. The van der Waals surface area contributed by atoms with Crippen LogP contribution in [-0.4, -0.2) is 15.8 Å². The Bertz CT molecular complexity index is 967. The second-order valence-corrected chi connectivity index (χ2v) is 6.75. The van der Waals surface area contributed by atoms with E-state index in [0.29, 0.717) is 10.7 Å². The lowest BCUT2D eigenvalue weighted by Gasteiger charge is -2.05. The van der Waals surface area contributed by atoms with Gasteiger partial charge in [0.2, 0.25) is 0 Å². The minimum Gasteiger partial charge on any atom is -0.298 e. The molecule has 1 N–H and O–H groups in total. The summed E-state index contributed by atoms with van der Waals surface area (Å²) in [6.07, 6.45) is 0.799. The highest BCUT2D eigenvalue weighted by Crippen LogP contribution is 2.32. The lowest BCUT2D eigenvalue weighted by atomic mass is 10.1. The molecule has 0 spiro atoms. The van der Waals surface area contributed by atoms with Gasteiger partial charge in [-0.15, -0.1) is 11.3 Å². The predicted molar refractivity (Wildman–Crippen MR) is 103 cm³/mol. The molecule has 1 heterocycles. The molecule has 0 atom stereocenters. The van der Waals surface area contributed by atoms with Crippen LogP contribution in [0.2, 0.25) is 0 Å². The third-order valence-electron chi connectivity index (χ3n) is 4.03. The monoisotopic (exact) mass is 367 g/mol. The van der Waals surface area contributed by atoms with Gasteiger partial charge in [-0.25, -0.2) is 4.98 Å². The van der Waals surface area contributed by atoms with E-state index in [4.69, 9.17) is 0 Å². The molecule has 7 heteroatoms. The van der Waals surface area contributed by atoms with Crippen LogP contribution in [0.4, 0.5) is 10.8 Å². The van der Waals surface area contributed by atoms with E-state index >= 15 is 0 Å². The predicted octanol–water partition coefficient (Wildman–Crippen LogP) is 4.84. The van der Waals surface area contributed by atoms with Crippen molar-refractivity contribution in [2.75, 3.05) is 5.32 Å². The minimum absolute atomic E-state index is 0.0731. The fourth-order valence-corrected chi connectivity index (χ4v) is 3.62. The van der Waals surface area contributed by atoms with Gasteiger partial charge in [-0.1, -0.05) is 43.3 Å². The molecule has 0 unspecified atom stereocenters. The van der Waals surface area contributed by atoms with Crippen molar-refractivity contribution in [1.82, 2.24) is 4.98 Å². The summed E-state index contributed by atoms with van der Waals surface area (Å²) in [5.74, 6) is -0.401. The average Bonchev–Trinajstić information content (AvgIpc) is 3.05. The van der Waals surface area contributed by atoms with E-state index in [-0.39, 0.29) is 11.3 Å². The second kappa shape index (κ2) is 7.45. The van der Waals surface area contributed by atoms with Gasteiger partial charge in [0, 0.05) is 27.6 Å². The first-order chi connectivity index (χ1) is 12.5. The zero-order chi connectivity index (χ0) is 18.7. The number of carbonyl (C=O) groups excluding carboxylic acids is 1. The third kappa shape index (κ3) is 3.48. The summed E-state index contributed by atoms with van der Waals surface area (Å²) in [7, 11) is 0. The van der Waals surface area contributed by atoms with Gasteiger partial charge in [-0.3, -0.25) is 20.2 Å². The Balaban J connectivity index is 1.90. The Morgan fingerprint density at radius 3 is 2.58 bits per heavy atom. The number of amides is 1. The van der Waals surface area contributed by atoms with Crippen LogP contribution in [0.3, 0.4) is 0 Å². The van der Waals surface area contributed by atoms with Crippen LogP contribution >= 0.6 is 11.3 Å². The first kappa shape index (κ1) is 17.8. The quantitative estimate of drug-likeness (QED) is 0.516. The first-order valence-electron chi connectivity index (χ1n) is 8.11. The standard InChI is InChI=1S/C19H17N3O3S/c1-3-16-17(13-8-5-4-6-9-13)20-19(26-16)21-18(23)14-10-7-11-15(12(14)2)22(24)25/h4-11H,3H2,1-2H3,(H,20,21,23). The topological polar surface area (TPSA) is 85.1 Å². The molecule has 1 amide bonds. The Labute approximate surface area is 154 Å². The van der Waals surface area contributed by atoms with Crippen LogP contribution in [0.15, 0.2) is 48.5 Å². The normalized spacial score (nSPS) is 10.5. The molecule has 0 aliphatic carbocycles. The van der Waals surface area contributed by atoms with Crippen molar-refractivity contribution in [3.05, 3.63) is 74.6 Å². The number of nitro benzene ring substituents is 1. The number of aryl methyl sites for hydroxylation is 1. The molecule has 26 heavy (non-hydrogen) atoms. The van der Waals surface area contributed by atoms with E-state index in [0.717, 1.165) is 22.6 Å². The van der Waals surface area contributed by atoms with Gasteiger partial charge in [-0.2, -0.15) is 0 Å². The number of rotatable bonds is 5. The summed E-state index contributed by atoms with van der Waals surface area (Å²) in [6.45, 7) is 3.61. The molecule has 0 saturated carbocycles. The fraction of sp³-hybridized carbons (Fsp3) is 0.158. The van der Waals surface area contributed by atoms with Crippen molar-refractivity contribution in [1.29, 1.82) is 0 Å². The van der Waals surface area contributed by atoms with Crippen molar-refractivity contribution >= 4 is 28.1 Å². The fourth-order valence-electron chi connectivity index (χ4n) is 2.70. The molecule has 0 saturated heterocycles. The maximum Gasteiger partial charge on any atom is 0.273 e. The highest BCUT2D eigenvalue weighted by Gasteiger charge is 2.20. The molecule has 1 aromatic heterocycles. The van der Waals surface area contributed by atoms with Crippen LogP contribution < -0.4 is 5.32 Å². The van der Waals surface area contributed by atoms with E-state index in [1.54, 1.807) is 13.0 Å². The Morgan fingerprint density at radius 2 is 1.92 bits per heavy atom. The molecule has 0 aliphatic rings. The molecule has 6 nitrogen and oxygen atoms in total. The zero-order valence-corrected chi connectivity index (χ0v) is 15.2. The number of carbonyl (C=O) groups is 1. The second-order valence-electron chi connectivity index (χ2n) is 5.67. The number of hydrogen-bond acceptors (Lipinski definition) is 5. The van der Waals surface area contributed by atoms with Gasteiger partial charge < -0.3 is 0 Å². The zero-order valence-electron chi connectivity index (χ0n) is 14.4. The summed E-state index contributed by atoms with van der Waals surface area (Å²) in [5, 5.41) is 14.3. The van der Waals surface area contributed by atoms with Gasteiger partial charge in [0.1, 0.15) is 0 Å². The van der Waals surface area contributed by atoms with Gasteiger partial charge in [0.15, 0.2) is 5.13 Å². The Morgan fingerprint density at radius 1 is 1.19 bits per heavy atom. The number of nitrogens with zero attached hydrogens (tertiary/aromatic N) is 2. The molecular formula is C19H17N3O3S. The van der Waals surface area contributed by atoms with Gasteiger partial charge >= 0.3 is 0 Å². The third-order valence-corrected chi connectivity index (χ3v) is 5.15. The number of benzene rings is 2. The Hall–Kier alpha value is -3.06. The summed E-state index contributed by atoms with van der Waals surface area (Å²) < 4.78 is 0. The highest BCUT2D eigenvalue weighted by atomic mass is 32.1. The highest BCUT2D eigenvalue weighted by molar-refractivity contribution is 7.16. The van der Waals surface area contributed by atoms with Crippen molar-refractivity contribution in [3.63, 3.8) is 0 Å². The number of nitro groups is 1. The summed E-state index contributed by atoms with van der Waals surface area (Å²) in [5.41, 5.74) is 2.38. The number of nitrogens with one attached hydrogen (secondary N) is 1. The van der Waals surface area contributed by atoms with Crippen LogP contribution in [0, 0.1) is 17.0 Å². The SMILES string of the molecule is CCc1sc(NC(=O)c2cccc([N+](=O)[O-])c2C)nc1-c1ccccc1. The maximum atomic E-state index is 12.6.